The van der Waals surface area contributed by atoms with Gasteiger partial charge in [-0.3, -0.25) is 20.4 Å². The van der Waals surface area contributed by atoms with Crippen LogP contribution in [-0.2, 0) is 4.79 Å². The fraction of sp³-hybridized carbons (Fsp3) is 0.0588. The summed E-state index contributed by atoms with van der Waals surface area (Å²) < 4.78 is 0. The molecule has 0 saturated carbocycles. The van der Waals surface area contributed by atoms with Crippen molar-refractivity contribution in [2.45, 2.75) is 6.92 Å². The first kappa shape index (κ1) is 17.1. The van der Waals surface area contributed by atoms with E-state index in [9.17, 15) is 9.59 Å². The predicted octanol–water partition coefficient (Wildman–Crippen LogP) is 3.78. The molecule has 0 heterocycles. The molecule has 2 aromatic carbocycles. The molecule has 0 saturated heterocycles. The van der Waals surface area contributed by atoms with Gasteiger partial charge in [-0.05, 0) is 42.8 Å². The van der Waals surface area contributed by atoms with Crippen LogP contribution >= 0.6 is 23.2 Å². The summed E-state index contributed by atoms with van der Waals surface area (Å²) in [6.07, 6.45) is 2.80. The maximum atomic E-state index is 11.8. The number of nitrogens with one attached hydrogen (secondary N) is 2. The lowest BCUT2D eigenvalue weighted by Crippen LogP contribution is -2.40. The first-order valence-corrected chi connectivity index (χ1v) is 7.51. The molecule has 2 aromatic rings. The zero-order valence-corrected chi connectivity index (χ0v) is 13.8. The zero-order valence-electron chi connectivity index (χ0n) is 12.3. The molecule has 23 heavy (non-hydrogen) atoms. The van der Waals surface area contributed by atoms with Crippen molar-refractivity contribution in [2.24, 2.45) is 0 Å². The topological polar surface area (TPSA) is 58.2 Å². The number of benzene rings is 2. The Balaban J connectivity index is 1.90. The number of hydrogen-bond acceptors (Lipinski definition) is 2. The number of hydrogen-bond donors (Lipinski definition) is 2. The Hall–Kier alpha value is -2.30. The van der Waals surface area contributed by atoms with Crippen molar-refractivity contribution < 1.29 is 9.59 Å². The maximum absolute atomic E-state index is 11.8. The second-order valence-electron chi connectivity index (χ2n) is 4.81. The fourth-order valence-corrected chi connectivity index (χ4v) is 2.21. The SMILES string of the molecule is Cc1ccc(C(=O)NNC(=O)/C=C/c2ccc(Cl)cc2Cl)cc1. The lowest BCUT2D eigenvalue weighted by Gasteiger charge is -2.05. The summed E-state index contributed by atoms with van der Waals surface area (Å²) in [5, 5.41) is 0.951. The summed E-state index contributed by atoms with van der Waals surface area (Å²) in [5.41, 5.74) is 6.79. The molecule has 0 atom stereocenters. The lowest BCUT2D eigenvalue weighted by molar-refractivity contribution is -0.117. The molecule has 0 aliphatic carbocycles. The molecule has 2 N–H and O–H groups in total. The second-order valence-corrected chi connectivity index (χ2v) is 5.65. The van der Waals surface area contributed by atoms with E-state index in [-0.39, 0.29) is 0 Å². The average Bonchev–Trinajstić information content (AvgIpc) is 2.52. The molecule has 0 bridgehead atoms. The van der Waals surface area contributed by atoms with Gasteiger partial charge in [0.05, 0.1) is 0 Å². The van der Waals surface area contributed by atoms with Crippen LogP contribution in [0.3, 0.4) is 0 Å². The van der Waals surface area contributed by atoms with Gasteiger partial charge >= 0.3 is 0 Å². The summed E-state index contributed by atoms with van der Waals surface area (Å²) in [6, 6.07) is 11.9. The first-order chi connectivity index (χ1) is 11.0. The van der Waals surface area contributed by atoms with Crippen LogP contribution in [0.2, 0.25) is 10.0 Å². The van der Waals surface area contributed by atoms with Gasteiger partial charge in [-0.2, -0.15) is 0 Å². The van der Waals surface area contributed by atoms with Gasteiger partial charge in [0.25, 0.3) is 11.8 Å². The van der Waals surface area contributed by atoms with Crippen LogP contribution in [0.15, 0.2) is 48.5 Å². The minimum Gasteiger partial charge on any atom is -0.268 e. The molecule has 4 nitrogen and oxygen atoms in total. The predicted molar refractivity (Wildman–Crippen MR) is 92.3 cm³/mol. The van der Waals surface area contributed by atoms with Crippen LogP contribution < -0.4 is 10.9 Å². The minimum atomic E-state index is -0.475. The molecule has 6 heteroatoms. The zero-order chi connectivity index (χ0) is 16.8. The third-order valence-corrected chi connectivity index (χ3v) is 3.55. The molecule has 0 fully saturated rings. The van der Waals surface area contributed by atoms with Gasteiger partial charge in [0.15, 0.2) is 0 Å². The van der Waals surface area contributed by atoms with Crippen molar-refractivity contribution >= 4 is 41.1 Å². The Labute approximate surface area is 144 Å². The Morgan fingerprint density at radius 2 is 1.70 bits per heavy atom. The number of carbonyl (C=O) groups excluding carboxylic acids is 2. The van der Waals surface area contributed by atoms with E-state index in [2.05, 4.69) is 10.9 Å². The van der Waals surface area contributed by atoms with Crippen LogP contribution in [0.1, 0.15) is 21.5 Å². The van der Waals surface area contributed by atoms with E-state index in [1.165, 1.54) is 12.2 Å². The Kier molecular flexibility index (Phi) is 5.79. The smallest absolute Gasteiger partial charge is 0.268 e. The Bertz CT molecular complexity index is 756. The summed E-state index contributed by atoms with van der Waals surface area (Å²) in [4.78, 5) is 23.5. The van der Waals surface area contributed by atoms with Gasteiger partial charge in [0.1, 0.15) is 0 Å². The number of amides is 2. The van der Waals surface area contributed by atoms with Gasteiger partial charge in [-0.25, -0.2) is 0 Å². The number of halogens is 2. The van der Waals surface area contributed by atoms with Gasteiger partial charge in [-0.15, -0.1) is 0 Å². The standard InChI is InChI=1S/C17H14Cl2N2O2/c1-11-2-4-13(5-3-11)17(23)21-20-16(22)9-7-12-6-8-14(18)10-15(12)19/h2-10H,1H3,(H,20,22)(H,21,23)/b9-7+. The van der Waals surface area contributed by atoms with E-state index in [1.807, 2.05) is 19.1 Å². The minimum absolute atomic E-state index is 0.392. The molecule has 0 radical (unpaired) electrons. The second kappa shape index (κ2) is 7.81. The third kappa shape index (κ3) is 5.13. The third-order valence-electron chi connectivity index (χ3n) is 2.99. The normalized spacial score (nSPS) is 10.6. The molecular formula is C17H14Cl2N2O2. The van der Waals surface area contributed by atoms with Gasteiger partial charge < -0.3 is 0 Å². The van der Waals surface area contributed by atoms with Crippen molar-refractivity contribution in [3.63, 3.8) is 0 Å². The molecule has 0 unspecified atom stereocenters. The molecule has 0 aliphatic rings. The first-order valence-electron chi connectivity index (χ1n) is 6.76. The van der Waals surface area contributed by atoms with Gasteiger partial charge in [-0.1, -0.05) is 47.0 Å². The van der Waals surface area contributed by atoms with Crippen LogP contribution in [0, 0.1) is 6.92 Å². The van der Waals surface area contributed by atoms with Crippen LogP contribution in [0.25, 0.3) is 6.08 Å². The van der Waals surface area contributed by atoms with E-state index in [1.54, 1.807) is 30.3 Å². The molecule has 0 aliphatic heterocycles. The summed E-state index contributed by atoms with van der Waals surface area (Å²) in [6.45, 7) is 1.93. The van der Waals surface area contributed by atoms with Crippen LogP contribution in [0.4, 0.5) is 0 Å². The molecule has 118 valence electrons. The lowest BCUT2D eigenvalue weighted by atomic mass is 10.1. The molecule has 0 aromatic heterocycles. The largest absolute Gasteiger partial charge is 0.269 e. The van der Waals surface area contributed by atoms with Crippen molar-refractivity contribution in [2.75, 3.05) is 0 Å². The average molecular weight is 349 g/mol. The van der Waals surface area contributed by atoms with E-state index in [4.69, 9.17) is 23.2 Å². The highest BCUT2D eigenvalue weighted by atomic mass is 35.5. The van der Waals surface area contributed by atoms with E-state index in [0.29, 0.717) is 21.2 Å². The number of aryl methyl sites for hydroxylation is 1. The van der Waals surface area contributed by atoms with Crippen LogP contribution in [-0.4, -0.2) is 11.8 Å². The van der Waals surface area contributed by atoms with Crippen molar-refractivity contribution in [3.05, 3.63) is 75.3 Å². The highest BCUT2D eigenvalue weighted by molar-refractivity contribution is 6.35. The highest BCUT2D eigenvalue weighted by Gasteiger charge is 2.05. The van der Waals surface area contributed by atoms with Crippen LogP contribution in [0.5, 0.6) is 0 Å². The Morgan fingerprint density at radius 3 is 2.35 bits per heavy atom. The molecule has 2 amide bonds. The number of hydrazine groups is 1. The van der Waals surface area contributed by atoms with Crippen molar-refractivity contribution in [1.29, 1.82) is 0 Å². The highest BCUT2D eigenvalue weighted by Crippen LogP contribution is 2.21. The fourth-order valence-electron chi connectivity index (χ4n) is 1.74. The summed E-state index contributed by atoms with van der Waals surface area (Å²) >= 11 is 11.8. The maximum Gasteiger partial charge on any atom is 0.269 e. The van der Waals surface area contributed by atoms with Gasteiger partial charge in [0, 0.05) is 21.7 Å². The van der Waals surface area contributed by atoms with Crippen molar-refractivity contribution in [3.8, 4) is 0 Å². The molecule has 2 rings (SSSR count). The number of rotatable bonds is 3. The quantitative estimate of drug-likeness (QED) is 0.655. The Morgan fingerprint density at radius 1 is 1.00 bits per heavy atom. The number of carbonyl (C=O) groups is 2. The van der Waals surface area contributed by atoms with Crippen molar-refractivity contribution in [1.82, 2.24) is 10.9 Å². The van der Waals surface area contributed by atoms with E-state index < -0.39 is 11.8 Å². The summed E-state index contributed by atoms with van der Waals surface area (Å²) in [7, 11) is 0. The molecular weight excluding hydrogens is 335 g/mol. The monoisotopic (exact) mass is 348 g/mol. The molecule has 0 spiro atoms. The van der Waals surface area contributed by atoms with E-state index in [0.717, 1.165) is 5.56 Å². The van der Waals surface area contributed by atoms with E-state index >= 15 is 0 Å². The summed E-state index contributed by atoms with van der Waals surface area (Å²) in [5.74, 6) is -0.868. The van der Waals surface area contributed by atoms with Gasteiger partial charge in [0.2, 0.25) is 0 Å².